The Hall–Kier alpha value is -2.63. The van der Waals surface area contributed by atoms with Crippen LogP contribution in [0.15, 0.2) is 30.5 Å². The lowest BCUT2D eigenvalue weighted by Gasteiger charge is -2.11. The predicted molar refractivity (Wildman–Crippen MR) is 84.9 cm³/mol. The SMILES string of the molecule is CCNc1nc(Nc2ccccc2C)c2cnn(C)c2n1. The average Bonchev–Trinajstić information content (AvgIpc) is 2.84. The van der Waals surface area contributed by atoms with Gasteiger partial charge in [-0.05, 0) is 25.5 Å². The lowest BCUT2D eigenvalue weighted by Crippen LogP contribution is -2.06. The Morgan fingerprint density at radius 1 is 1.19 bits per heavy atom. The van der Waals surface area contributed by atoms with Crippen molar-refractivity contribution in [3.8, 4) is 0 Å². The van der Waals surface area contributed by atoms with Crippen molar-refractivity contribution < 1.29 is 0 Å². The van der Waals surface area contributed by atoms with Crippen LogP contribution in [-0.2, 0) is 7.05 Å². The lowest BCUT2D eigenvalue weighted by molar-refractivity contribution is 0.785. The van der Waals surface area contributed by atoms with Crippen LogP contribution >= 0.6 is 0 Å². The second-order valence-electron chi connectivity index (χ2n) is 4.87. The molecule has 108 valence electrons. The predicted octanol–water partition coefficient (Wildman–Crippen LogP) is 2.85. The molecule has 6 heteroatoms. The molecule has 0 aliphatic heterocycles. The van der Waals surface area contributed by atoms with Crippen LogP contribution in [0, 0.1) is 6.92 Å². The first-order valence-corrected chi connectivity index (χ1v) is 6.95. The van der Waals surface area contributed by atoms with Gasteiger partial charge in [0.25, 0.3) is 0 Å². The van der Waals surface area contributed by atoms with Crippen LogP contribution in [0.3, 0.4) is 0 Å². The summed E-state index contributed by atoms with van der Waals surface area (Å²) in [5.74, 6) is 1.36. The van der Waals surface area contributed by atoms with Crippen molar-refractivity contribution in [3.63, 3.8) is 0 Å². The molecule has 3 rings (SSSR count). The van der Waals surface area contributed by atoms with Crippen molar-refractivity contribution >= 4 is 28.5 Å². The van der Waals surface area contributed by atoms with Crippen molar-refractivity contribution in [3.05, 3.63) is 36.0 Å². The van der Waals surface area contributed by atoms with Crippen molar-refractivity contribution in [1.29, 1.82) is 0 Å². The van der Waals surface area contributed by atoms with Crippen molar-refractivity contribution in [2.24, 2.45) is 7.05 Å². The minimum Gasteiger partial charge on any atom is -0.354 e. The molecule has 0 bridgehead atoms. The number of hydrogen-bond acceptors (Lipinski definition) is 5. The Labute approximate surface area is 123 Å². The highest BCUT2D eigenvalue weighted by Gasteiger charge is 2.12. The van der Waals surface area contributed by atoms with Crippen LogP contribution in [0.5, 0.6) is 0 Å². The second-order valence-corrected chi connectivity index (χ2v) is 4.87. The summed E-state index contributed by atoms with van der Waals surface area (Å²) < 4.78 is 1.75. The van der Waals surface area contributed by atoms with Crippen LogP contribution in [0.4, 0.5) is 17.5 Å². The van der Waals surface area contributed by atoms with Crippen LogP contribution in [0.2, 0.25) is 0 Å². The molecule has 2 N–H and O–H groups in total. The van der Waals surface area contributed by atoms with Gasteiger partial charge >= 0.3 is 0 Å². The highest BCUT2D eigenvalue weighted by Crippen LogP contribution is 2.26. The number of aromatic nitrogens is 4. The van der Waals surface area contributed by atoms with Crippen LogP contribution in [-0.4, -0.2) is 26.3 Å². The third-order valence-corrected chi connectivity index (χ3v) is 3.33. The molecule has 0 fully saturated rings. The first-order valence-electron chi connectivity index (χ1n) is 6.95. The first-order chi connectivity index (χ1) is 10.2. The average molecular weight is 282 g/mol. The zero-order valence-corrected chi connectivity index (χ0v) is 12.4. The number of nitrogens with zero attached hydrogens (tertiary/aromatic N) is 4. The van der Waals surface area contributed by atoms with Gasteiger partial charge in [-0.3, -0.25) is 4.68 Å². The van der Waals surface area contributed by atoms with Gasteiger partial charge in [0, 0.05) is 19.3 Å². The van der Waals surface area contributed by atoms with Gasteiger partial charge in [0.2, 0.25) is 5.95 Å². The third kappa shape index (κ3) is 2.52. The monoisotopic (exact) mass is 282 g/mol. The Kier molecular flexibility index (Phi) is 3.43. The zero-order valence-electron chi connectivity index (χ0n) is 12.4. The number of hydrogen-bond donors (Lipinski definition) is 2. The number of rotatable bonds is 4. The molecule has 0 saturated carbocycles. The molecule has 0 atom stereocenters. The molecule has 6 nitrogen and oxygen atoms in total. The summed E-state index contributed by atoms with van der Waals surface area (Å²) in [7, 11) is 1.88. The normalized spacial score (nSPS) is 10.8. The second kappa shape index (κ2) is 5.40. The van der Waals surface area contributed by atoms with Crippen LogP contribution < -0.4 is 10.6 Å². The number of fused-ring (bicyclic) bond motifs is 1. The third-order valence-electron chi connectivity index (χ3n) is 3.33. The van der Waals surface area contributed by atoms with Gasteiger partial charge in [0.15, 0.2) is 5.65 Å². The minimum atomic E-state index is 0.602. The molecule has 21 heavy (non-hydrogen) atoms. The topological polar surface area (TPSA) is 67.7 Å². The largest absolute Gasteiger partial charge is 0.354 e. The molecule has 0 radical (unpaired) electrons. The Balaban J connectivity index is 2.10. The minimum absolute atomic E-state index is 0.602. The first kappa shape index (κ1) is 13.4. The summed E-state index contributed by atoms with van der Waals surface area (Å²) in [6.07, 6.45) is 1.78. The maximum atomic E-state index is 4.55. The van der Waals surface area contributed by atoms with Crippen molar-refractivity contribution in [2.75, 3.05) is 17.2 Å². The number of benzene rings is 1. The summed E-state index contributed by atoms with van der Waals surface area (Å²) in [6, 6.07) is 8.12. The number of nitrogens with one attached hydrogen (secondary N) is 2. The maximum Gasteiger partial charge on any atom is 0.226 e. The highest BCUT2D eigenvalue weighted by atomic mass is 15.3. The summed E-state index contributed by atoms with van der Waals surface area (Å²) >= 11 is 0. The molecule has 2 heterocycles. The fourth-order valence-electron chi connectivity index (χ4n) is 2.20. The van der Waals surface area contributed by atoms with E-state index >= 15 is 0 Å². The van der Waals surface area contributed by atoms with E-state index in [0.29, 0.717) is 5.95 Å². The smallest absolute Gasteiger partial charge is 0.226 e. The maximum absolute atomic E-state index is 4.55. The van der Waals surface area contributed by atoms with E-state index in [9.17, 15) is 0 Å². The molecule has 0 spiro atoms. The van der Waals surface area contributed by atoms with E-state index < -0.39 is 0 Å². The lowest BCUT2D eigenvalue weighted by atomic mass is 10.2. The molecule has 1 aromatic carbocycles. The van der Waals surface area contributed by atoms with E-state index in [1.165, 1.54) is 0 Å². The molecular weight excluding hydrogens is 264 g/mol. The van der Waals surface area contributed by atoms with E-state index in [1.54, 1.807) is 10.9 Å². The van der Waals surface area contributed by atoms with Crippen molar-refractivity contribution in [1.82, 2.24) is 19.7 Å². The fourth-order valence-corrected chi connectivity index (χ4v) is 2.20. The molecule has 0 aliphatic carbocycles. The molecular formula is C15H18N6. The summed E-state index contributed by atoms with van der Waals surface area (Å²) in [5.41, 5.74) is 3.00. The standard InChI is InChI=1S/C15H18N6/c1-4-16-15-19-13(11-9-17-21(3)14(11)20-15)18-12-8-6-5-7-10(12)2/h5-9H,4H2,1-3H3,(H2,16,18,19,20). The van der Waals surface area contributed by atoms with Gasteiger partial charge in [0.05, 0.1) is 11.6 Å². The van der Waals surface area contributed by atoms with Gasteiger partial charge in [0.1, 0.15) is 5.82 Å². The number of para-hydroxylation sites is 1. The van der Waals surface area contributed by atoms with E-state index in [4.69, 9.17) is 0 Å². The Bertz CT molecular complexity index is 777. The molecule has 2 aromatic heterocycles. The molecule has 0 aliphatic rings. The van der Waals surface area contributed by atoms with E-state index in [2.05, 4.69) is 38.7 Å². The van der Waals surface area contributed by atoms with Gasteiger partial charge in [-0.15, -0.1) is 0 Å². The summed E-state index contributed by atoms with van der Waals surface area (Å²) in [4.78, 5) is 9.04. The molecule has 3 aromatic rings. The van der Waals surface area contributed by atoms with Crippen LogP contribution in [0.1, 0.15) is 12.5 Å². The number of aryl methyl sites for hydroxylation is 2. The number of anilines is 3. The Morgan fingerprint density at radius 3 is 2.76 bits per heavy atom. The fraction of sp³-hybridized carbons (Fsp3) is 0.267. The van der Waals surface area contributed by atoms with E-state index in [1.807, 2.05) is 32.2 Å². The summed E-state index contributed by atoms with van der Waals surface area (Å²) in [6.45, 7) is 4.85. The molecule has 0 amide bonds. The van der Waals surface area contributed by atoms with Gasteiger partial charge in [-0.1, -0.05) is 18.2 Å². The van der Waals surface area contributed by atoms with E-state index in [-0.39, 0.29) is 0 Å². The molecule has 0 unspecified atom stereocenters. The highest BCUT2D eigenvalue weighted by molar-refractivity contribution is 5.89. The van der Waals surface area contributed by atoms with Gasteiger partial charge < -0.3 is 10.6 Å². The van der Waals surface area contributed by atoms with Crippen LogP contribution in [0.25, 0.3) is 11.0 Å². The van der Waals surface area contributed by atoms with Gasteiger partial charge in [-0.2, -0.15) is 15.1 Å². The van der Waals surface area contributed by atoms with E-state index in [0.717, 1.165) is 34.6 Å². The zero-order chi connectivity index (χ0) is 14.8. The van der Waals surface area contributed by atoms with Crippen molar-refractivity contribution in [2.45, 2.75) is 13.8 Å². The van der Waals surface area contributed by atoms with Gasteiger partial charge in [-0.25, -0.2) is 0 Å². The quantitative estimate of drug-likeness (QED) is 0.770. The Morgan fingerprint density at radius 2 is 2.00 bits per heavy atom. The summed E-state index contributed by atoms with van der Waals surface area (Å²) in [5, 5.41) is 11.7. The molecule has 0 saturated heterocycles.